The van der Waals surface area contributed by atoms with E-state index >= 15 is 0 Å². The zero-order valence-electron chi connectivity index (χ0n) is 16.9. The van der Waals surface area contributed by atoms with Crippen molar-refractivity contribution in [2.75, 3.05) is 26.2 Å². The molecule has 0 bridgehead atoms. The van der Waals surface area contributed by atoms with Crippen molar-refractivity contribution in [2.45, 2.75) is 33.9 Å². The van der Waals surface area contributed by atoms with Crippen molar-refractivity contribution >= 4 is 34.1 Å². The number of benzene rings is 2. The zero-order valence-corrected chi connectivity index (χ0v) is 18.4. The third-order valence-electron chi connectivity index (χ3n) is 5.51. The number of nitrogens with zero attached hydrogens (tertiary/aromatic N) is 2. The van der Waals surface area contributed by atoms with Gasteiger partial charge in [-0.15, -0.1) is 0 Å². The lowest BCUT2D eigenvalue weighted by atomic mass is 10.1. The second-order valence-electron chi connectivity index (χ2n) is 7.11. The third-order valence-corrected chi connectivity index (χ3v) is 6.09. The second-order valence-corrected chi connectivity index (χ2v) is 7.95. The maximum absolute atomic E-state index is 6.43. The normalized spacial score (nSPS) is 11.6. The SMILES string of the molecule is CCN(CC)CCNCc1c(C)n(Cc2ccc(Cl)cc2Cl)c2ccccc12. The Hall–Kier alpha value is -1.52. The van der Waals surface area contributed by atoms with E-state index in [0.717, 1.165) is 44.8 Å². The topological polar surface area (TPSA) is 20.2 Å². The molecule has 0 spiro atoms. The molecule has 1 heterocycles. The van der Waals surface area contributed by atoms with Crippen LogP contribution < -0.4 is 5.32 Å². The van der Waals surface area contributed by atoms with Crippen LogP contribution in [-0.4, -0.2) is 35.6 Å². The van der Waals surface area contributed by atoms with E-state index in [1.54, 1.807) is 0 Å². The summed E-state index contributed by atoms with van der Waals surface area (Å²) >= 11 is 12.5. The van der Waals surface area contributed by atoms with E-state index in [-0.39, 0.29) is 0 Å². The van der Waals surface area contributed by atoms with Gasteiger partial charge in [-0.3, -0.25) is 0 Å². The van der Waals surface area contributed by atoms with Gasteiger partial charge in [-0.25, -0.2) is 0 Å². The first-order valence-corrected chi connectivity index (χ1v) is 10.7. The van der Waals surface area contributed by atoms with Crippen LogP contribution in [0.3, 0.4) is 0 Å². The fourth-order valence-electron chi connectivity index (χ4n) is 3.74. The standard InChI is InChI=1S/C23H29Cl2N3/c1-4-27(5-2)13-12-26-15-21-17(3)28(23-9-7-6-8-20(21)23)16-18-10-11-19(24)14-22(18)25/h6-11,14,26H,4-5,12-13,15-16H2,1-3H3. The summed E-state index contributed by atoms with van der Waals surface area (Å²) in [5, 5.41) is 6.32. The molecule has 3 rings (SSSR count). The first-order chi connectivity index (χ1) is 13.5. The van der Waals surface area contributed by atoms with Crippen molar-refractivity contribution in [1.82, 2.24) is 14.8 Å². The zero-order chi connectivity index (χ0) is 20.1. The van der Waals surface area contributed by atoms with Crippen molar-refractivity contribution in [1.29, 1.82) is 0 Å². The molecular formula is C23H29Cl2N3. The molecule has 0 aliphatic rings. The van der Waals surface area contributed by atoms with Crippen LogP contribution >= 0.6 is 23.2 Å². The molecule has 0 radical (unpaired) electrons. The number of likely N-dealkylation sites (N-methyl/N-ethyl adjacent to an activating group) is 1. The highest BCUT2D eigenvalue weighted by atomic mass is 35.5. The predicted octanol–water partition coefficient (Wildman–Crippen LogP) is 5.74. The second kappa shape index (κ2) is 9.80. The van der Waals surface area contributed by atoms with Crippen molar-refractivity contribution in [3.63, 3.8) is 0 Å². The smallest absolute Gasteiger partial charge is 0.0493 e. The highest BCUT2D eigenvalue weighted by molar-refractivity contribution is 6.35. The predicted molar refractivity (Wildman–Crippen MR) is 122 cm³/mol. The Morgan fingerprint density at radius 1 is 1.04 bits per heavy atom. The molecule has 0 unspecified atom stereocenters. The number of aromatic nitrogens is 1. The minimum Gasteiger partial charge on any atom is -0.340 e. The Balaban J connectivity index is 1.83. The Labute approximate surface area is 178 Å². The van der Waals surface area contributed by atoms with E-state index in [1.807, 2.05) is 18.2 Å². The number of fused-ring (bicyclic) bond motifs is 1. The first kappa shape index (κ1) is 21.2. The van der Waals surface area contributed by atoms with Gasteiger partial charge in [-0.2, -0.15) is 0 Å². The number of hydrogen-bond donors (Lipinski definition) is 1. The van der Waals surface area contributed by atoms with Crippen LogP contribution in [0.1, 0.15) is 30.7 Å². The number of halogens is 2. The maximum atomic E-state index is 6.43. The minimum absolute atomic E-state index is 0.668. The first-order valence-electron chi connectivity index (χ1n) is 9.98. The molecule has 0 amide bonds. The van der Waals surface area contributed by atoms with Gasteiger partial charge in [0.2, 0.25) is 0 Å². The van der Waals surface area contributed by atoms with Gasteiger partial charge < -0.3 is 14.8 Å². The van der Waals surface area contributed by atoms with Gasteiger partial charge in [-0.1, -0.05) is 61.3 Å². The van der Waals surface area contributed by atoms with Crippen molar-refractivity contribution < 1.29 is 0 Å². The van der Waals surface area contributed by atoms with Gasteiger partial charge >= 0.3 is 0 Å². The van der Waals surface area contributed by atoms with Crippen molar-refractivity contribution in [2.24, 2.45) is 0 Å². The van der Waals surface area contributed by atoms with E-state index in [4.69, 9.17) is 23.2 Å². The molecule has 0 fully saturated rings. The number of hydrogen-bond acceptors (Lipinski definition) is 2. The van der Waals surface area contributed by atoms with Crippen LogP contribution in [0.2, 0.25) is 10.0 Å². The number of nitrogens with one attached hydrogen (secondary N) is 1. The molecule has 0 aliphatic carbocycles. The summed E-state index contributed by atoms with van der Waals surface area (Å²) in [6, 6.07) is 14.3. The largest absolute Gasteiger partial charge is 0.340 e. The molecule has 3 nitrogen and oxygen atoms in total. The van der Waals surface area contributed by atoms with Crippen LogP contribution in [0.5, 0.6) is 0 Å². The molecule has 0 saturated carbocycles. The summed E-state index contributed by atoms with van der Waals surface area (Å²) < 4.78 is 2.35. The molecule has 0 aliphatic heterocycles. The molecule has 150 valence electrons. The Morgan fingerprint density at radius 3 is 2.50 bits per heavy atom. The van der Waals surface area contributed by atoms with Crippen LogP contribution in [0, 0.1) is 6.92 Å². The van der Waals surface area contributed by atoms with Crippen LogP contribution in [0.15, 0.2) is 42.5 Å². The van der Waals surface area contributed by atoms with Crippen molar-refractivity contribution in [3.8, 4) is 0 Å². The summed E-state index contributed by atoms with van der Waals surface area (Å²) in [6.07, 6.45) is 0. The van der Waals surface area contributed by atoms with E-state index in [1.165, 1.54) is 22.2 Å². The quantitative estimate of drug-likeness (QED) is 0.448. The molecule has 0 saturated heterocycles. The molecule has 3 aromatic rings. The fourth-order valence-corrected chi connectivity index (χ4v) is 4.21. The Kier molecular flexibility index (Phi) is 7.42. The monoisotopic (exact) mass is 417 g/mol. The highest BCUT2D eigenvalue weighted by Gasteiger charge is 2.15. The van der Waals surface area contributed by atoms with E-state index in [0.29, 0.717) is 10.0 Å². The lowest BCUT2D eigenvalue weighted by Gasteiger charge is -2.18. The van der Waals surface area contributed by atoms with Gasteiger partial charge in [0.1, 0.15) is 0 Å². The maximum Gasteiger partial charge on any atom is 0.0493 e. The van der Waals surface area contributed by atoms with E-state index in [9.17, 15) is 0 Å². The number of para-hydroxylation sites is 1. The van der Waals surface area contributed by atoms with Gasteiger partial charge in [0.25, 0.3) is 0 Å². The van der Waals surface area contributed by atoms with Gasteiger partial charge in [0.05, 0.1) is 0 Å². The number of rotatable bonds is 9. The average Bonchev–Trinajstić information content (AvgIpc) is 2.96. The summed E-state index contributed by atoms with van der Waals surface area (Å²) in [5.74, 6) is 0. The van der Waals surface area contributed by atoms with E-state index < -0.39 is 0 Å². The van der Waals surface area contributed by atoms with Crippen molar-refractivity contribution in [3.05, 3.63) is 69.3 Å². The lowest BCUT2D eigenvalue weighted by Crippen LogP contribution is -2.31. The van der Waals surface area contributed by atoms with Gasteiger partial charge in [-0.05, 0) is 49.3 Å². The molecule has 5 heteroatoms. The van der Waals surface area contributed by atoms with Gasteiger partial charge in [0.15, 0.2) is 0 Å². The third kappa shape index (κ3) is 4.72. The summed E-state index contributed by atoms with van der Waals surface area (Å²) in [4.78, 5) is 2.44. The summed E-state index contributed by atoms with van der Waals surface area (Å²) in [6.45, 7) is 12.5. The minimum atomic E-state index is 0.668. The summed E-state index contributed by atoms with van der Waals surface area (Å²) in [5.41, 5.74) is 4.96. The fraction of sp³-hybridized carbons (Fsp3) is 0.391. The molecule has 2 aromatic carbocycles. The lowest BCUT2D eigenvalue weighted by molar-refractivity contribution is 0.302. The average molecular weight is 418 g/mol. The van der Waals surface area contributed by atoms with E-state index in [2.05, 4.69) is 59.8 Å². The molecule has 1 N–H and O–H groups in total. The molecule has 0 atom stereocenters. The summed E-state index contributed by atoms with van der Waals surface area (Å²) in [7, 11) is 0. The molecule has 1 aromatic heterocycles. The van der Waals surface area contributed by atoms with Crippen LogP contribution in [0.25, 0.3) is 10.9 Å². The molecular weight excluding hydrogens is 389 g/mol. The van der Waals surface area contributed by atoms with Gasteiger partial charge in [0, 0.05) is 52.8 Å². The molecule has 28 heavy (non-hydrogen) atoms. The highest BCUT2D eigenvalue weighted by Crippen LogP contribution is 2.29. The Bertz CT molecular complexity index is 929. The van der Waals surface area contributed by atoms with Crippen LogP contribution in [-0.2, 0) is 13.1 Å². The Morgan fingerprint density at radius 2 is 1.79 bits per heavy atom. The van der Waals surface area contributed by atoms with Crippen LogP contribution in [0.4, 0.5) is 0 Å².